The van der Waals surface area contributed by atoms with Crippen LogP contribution >= 0.6 is 23.2 Å². The number of rotatable bonds is 1. The highest BCUT2D eigenvalue weighted by Crippen LogP contribution is 2.28. The van der Waals surface area contributed by atoms with Gasteiger partial charge in [0.2, 0.25) is 0 Å². The lowest BCUT2D eigenvalue weighted by Crippen LogP contribution is -2.23. The second-order valence-electron chi connectivity index (χ2n) is 5.10. The Morgan fingerprint density at radius 2 is 1.86 bits per heavy atom. The zero-order valence-corrected chi connectivity index (χ0v) is 13.5. The minimum absolute atomic E-state index is 0.221. The molecule has 22 heavy (non-hydrogen) atoms. The van der Waals surface area contributed by atoms with Crippen molar-refractivity contribution in [1.29, 1.82) is 0 Å². The second kappa shape index (κ2) is 5.30. The Morgan fingerprint density at radius 3 is 2.55 bits per heavy atom. The molecular formula is C16H13Cl2N3O. The van der Waals surface area contributed by atoms with Crippen LogP contribution in [0, 0.1) is 13.8 Å². The Morgan fingerprint density at radius 1 is 1.14 bits per heavy atom. The van der Waals surface area contributed by atoms with E-state index in [1.807, 2.05) is 13.0 Å². The highest BCUT2D eigenvalue weighted by molar-refractivity contribution is 6.45. The molecule has 3 aromatic rings. The molecule has 0 unspecified atom stereocenters. The molecule has 6 heteroatoms. The van der Waals surface area contributed by atoms with E-state index in [0.717, 1.165) is 11.3 Å². The fourth-order valence-corrected chi connectivity index (χ4v) is 2.93. The van der Waals surface area contributed by atoms with E-state index < -0.39 is 0 Å². The standard InChI is InChI=1S/C16H13Cl2N3O/c1-8-7-10(19)3-6-13(8)21-9(2)20-12-5-4-11(17)15(18)14(12)16(21)22/h3-7H,19H2,1-2H3. The highest BCUT2D eigenvalue weighted by Gasteiger charge is 2.15. The van der Waals surface area contributed by atoms with E-state index in [2.05, 4.69) is 4.98 Å². The van der Waals surface area contributed by atoms with Crippen LogP contribution in [0.2, 0.25) is 10.0 Å². The first-order valence-electron chi connectivity index (χ1n) is 6.64. The zero-order valence-electron chi connectivity index (χ0n) is 12.0. The summed E-state index contributed by atoms with van der Waals surface area (Å²) < 4.78 is 1.53. The van der Waals surface area contributed by atoms with Crippen LogP contribution in [0.5, 0.6) is 0 Å². The number of hydrogen-bond acceptors (Lipinski definition) is 3. The molecule has 2 aromatic carbocycles. The van der Waals surface area contributed by atoms with Gasteiger partial charge in [0.25, 0.3) is 5.56 Å². The van der Waals surface area contributed by atoms with Gasteiger partial charge in [0.15, 0.2) is 0 Å². The average Bonchev–Trinajstić information content (AvgIpc) is 2.45. The fourth-order valence-electron chi connectivity index (χ4n) is 2.53. The molecule has 2 N–H and O–H groups in total. The van der Waals surface area contributed by atoms with Gasteiger partial charge in [-0.05, 0) is 49.7 Å². The number of hydrogen-bond donors (Lipinski definition) is 1. The summed E-state index contributed by atoms with van der Waals surface area (Å²) in [5.41, 5.74) is 8.30. The van der Waals surface area contributed by atoms with Crippen molar-refractivity contribution in [1.82, 2.24) is 9.55 Å². The van der Waals surface area contributed by atoms with Crippen molar-refractivity contribution in [2.75, 3.05) is 5.73 Å². The van der Waals surface area contributed by atoms with E-state index in [1.54, 1.807) is 31.2 Å². The van der Waals surface area contributed by atoms with Crippen LogP contribution in [0.1, 0.15) is 11.4 Å². The molecule has 3 rings (SSSR count). The van der Waals surface area contributed by atoms with Crippen molar-refractivity contribution in [2.45, 2.75) is 13.8 Å². The van der Waals surface area contributed by atoms with Gasteiger partial charge in [-0.25, -0.2) is 4.98 Å². The summed E-state index contributed by atoms with van der Waals surface area (Å²) in [4.78, 5) is 17.4. The van der Waals surface area contributed by atoms with E-state index in [0.29, 0.717) is 27.4 Å². The molecule has 0 saturated heterocycles. The lowest BCUT2D eigenvalue weighted by atomic mass is 10.1. The summed E-state index contributed by atoms with van der Waals surface area (Å²) in [6.45, 7) is 3.67. The monoisotopic (exact) mass is 333 g/mol. The van der Waals surface area contributed by atoms with E-state index in [-0.39, 0.29) is 10.6 Å². The van der Waals surface area contributed by atoms with Crippen LogP contribution in [0.15, 0.2) is 35.1 Å². The predicted molar refractivity (Wildman–Crippen MR) is 91.2 cm³/mol. The SMILES string of the molecule is Cc1cc(N)ccc1-n1c(C)nc2ccc(Cl)c(Cl)c2c1=O. The molecule has 4 nitrogen and oxygen atoms in total. The van der Waals surface area contributed by atoms with Crippen LogP contribution in [0.25, 0.3) is 16.6 Å². The maximum absolute atomic E-state index is 12.9. The van der Waals surface area contributed by atoms with Crippen molar-refractivity contribution in [3.8, 4) is 5.69 Å². The van der Waals surface area contributed by atoms with Gasteiger partial charge in [-0.15, -0.1) is 0 Å². The fraction of sp³-hybridized carbons (Fsp3) is 0.125. The van der Waals surface area contributed by atoms with Crippen LogP contribution in [0.3, 0.4) is 0 Å². The lowest BCUT2D eigenvalue weighted by molar-refractivity contribution is 0.888. The molecule has 0 saturated carbocycles. The smallest absolute Gasteiger partial charge is 0.267 e. The topological polar surface area (TPSA) is 60.9 Å². The first-order chi connectivity index (χ1) is 10.4. The Balaban J connectivity index is 2.45. The number of halogens is 2. The molecule has 0 spiro atoms. The van der Waals surface area contributed by atoms with Crippen molar-refractivity contribution >= 4 is 39.8 Å². The Bertz CT molecular complexity index is 964. The molecule has 0 atom stereocenters. The summed E-state index contributed by atoms with van der Waals surface area (Å²) >= 11 is 12.2. The van der Waals surface area contributed by atoms with Crippen LogP contribution in [-0.4, -0.2) is 9.55 Å². The molecule has 1 aromatic heterocycles. The van der Waals surface area contributed by atoms with Crippen LogP contribution in [0.4, 0.5) is 5.69 Å². The van der Waals surface area contributed by atoms with Gasteiger partial charge in [0.05, 0.1) is 26.6 Å². The van der Waals surface area contributed by atoms with Crippen LogP contribution in [-0.2, 0) is 0 Å². The number of nitrogens with zero attached hydrogens (tertiary/aromatic N) is 2. The summed E-state index contributed by atoms with van der Waals surface area (Å²) in [7, 11) is 0. The minimum atomic E-state index is -0.247. The molecule has 0 aliphatic rings. The Labute approximate surface area is 137 Å². The molecule has 0 radical (unpaired) electrons. The largest absolute Gasteiger partial charge is 0.399 e. The summed E-state index contributed by atoms with van der Waals surface area (Å²) in [5, 5.41) is 0.868. The Hall–Kier alpha value is -2.04. The van der Waals surface area contributed by atoms with Crippen molar-refractivity contribution in [3.63, 3.8) is 0 Å². The minimum Gasteiger partial charge on any atom is -0.399 e. The number of benzene rings is 2. The molecule has 0 aliphatic heterocycles. The Kier molecular flexibility index (Phi) is 3.59. The maximum Gasteiger partial charge on any atom is 0.267 e. The van der Waals surface area contributed by atoms with Gasteiger partial charge in [-0.1, -0.05) is 23.2 Å². The molecule has 0 fully saturated rings. The van der Waals surface area contributed by atoms with E-state index in [4.69, 9.17) is 28.9 Å². The molecule has 0 amide bonds. The van der Waals surface area contributed by atoms with E-state index in [9.17, 15) is 4.79 Å². The third kappa shape index (κ3) is 2.25. The van der Waals surface area contributed by atoms with Crippen LogP contribution < -0.4 is 11.3 Å². The van der Waals surface area contributed by atoms with Gasteiger partial charge in [-0.2, -0.15) is 0 Å². The number of nitrogen functional groups attached to an aromatic ring is 1. The number of aromatic nitrogens is 2. The first-order valence-corrected chi connectivity index (χ1v) is 7.39. The second-order valence-corrected chi connectivity index (χ2v) is 5.89. The maximum atomic E-state index is 12.9. The predicted octanol–water partition coefficient (Wildman–Crippen LogP) is 3.89. The summed E-state index contributed by atoms with van der Waals surface area (Å²) in [6, 6.07) is 8.68. The molecule has 1 heterocycles. The van der Waals surface area contributed by atoms with Gasteiger partial charge in [0, 0.05) is 5.69 Å². The van der Waals surface area contributed by atoms with Gasteiger partial charge >= 0.3 is 0 Å². The third-order valence-electron chi connectivity index (χ3n) is 3.56. The van der Waals surface area contributed by atoms with Gasteiger partial charge in [-0.3, -0.25) is 9.36 Å². The molecule has 0 bridgehead atoms. The molecule has 0 aliphatic carbocycles. The lowest BCUT2D eigenvalue weighted by Gasteiger charge is -2.14. The number of fused-ring (bicyclic) bond motifs is 1. The van der Waals surface area contributed by atoms with Gasteiger partial charge in [0.1, 0.15) is 5.82 Å². The van der Waals surface area contributed by atoms with Crippen molar-refractivity contribution in [3.05, 3.63) is 62.1 Å². The summed E-state index contributed by atoms with van der Waals surface area (Å²) in [6.07, 6.45) is 0. The zero-order chi connectivity index (χ0) is 16.0. The van der Waals surface area contributed by atoms with Gasteiger partial charge < -0.3 is 5.73 Å². The summed E-state index contributed by atoms with van der Waals surface area (Å²) in [5.74, 6) is 0.573. The van der Waals surface area contributed by atoms with E-state index in [1.165, 1.54) is 4.57 Å². The number of nitrogens with two attached hydrogens (primary N) is 1. The number of anilines is 1. The van der Waals surface area contributed by atoms with Crippen molar-refractivity contribution < 1.29 is 0 Å². The molecule has 112 valence electrons. The normalized spacial score (nSPS) is 11.1. The highest BCUT2D eigenvalue weighted by atomic mass is 35.5. The van der Waals surface area contributed by atoms with Crippen molar-refractivity contribution in [2.24, 2.45) is 0 Å². The quantitative estimate of drug-likeness (QED) is 0.687. The first kappa shape index (κ1) is 14.9. The third-order valence-corrected chi connectivity index (χ3v) is 4.36. The average molecular weight is 334 g/mol. The molecular weight excluding hydrogens is 321 g/mol. The number of aryl methyl sites for hydroxylation is 2. The van der Waals surface area contributed by atoms with E-state index >= 15 is 0 Å².